The summed E-state index contributed by atoms with van der Waals surface area (Å²) in [5, 5.41) is 3.31. The van der Waals surface area contributed by atoms with E-state index in [0.717, 1.165) is 41.3 Å². The Kier molecular flexibility index (Phi) is 7.21. The number of rotatable bonds is 6. The fourth-order valence-electron chi connectivity index (χ4n) is 5.84. The molecule has 0 radical (unpaired) electrons. The quantitative estimate of drug-likeness (QED) is 0.281. The maximum atomic E-state index is 13.6. The monoisotopic (exact) mass is 599 g/mol. The predicted octanol–water partition coefficient (Wildman–Crippen LogP) is 5.06. The molecule has 6 rings (SSSR count). The van der Waals surface area contributed by atoms with Gasteiger partial charge in [0.15, 0.2) is 0 Å². The number of aromatic amines is 1. The molecule has 2 amide bonds. The number of carbonyl (C=O) groups excluding carboxylic acids is 2. The van der Waals surface area contributed by atoms with Gasteiger partial charge in [0.1, 0.15) is 17.0 Å². The molecule has 1 aliphatic heterocycles. The van der Waals surface area contributed by atoms with Crippen LogP contribution in [-0.4, -0.2) is 68.5 Å². The third kappa shape index (κ3) is 5.25. The summed E-state index contributed by atoms with van der Waals surface area (Å²) in [6.45, 7) is 2.94. The second-order valence-electron chi connectivity index (χ2n) is 11.1. The van der Waals surface area contributed by atoms with Crippen LogP contribution in [0, 0.1) is 6.92 Å². The molecule has 1 aliphatic rings. The van der Waals surface area contributed by atoms with Gasteiger partial charge in [-0.25, -0.2) is 8.42 Å². The van der Waals surface area contributed by atoms with Gasteiger partial charge in [-0.05, 0) is 49.6 Å². The minimum atomic E-state index is -3.63. The molecule has 0 aliphatic carbocycles. The molecule has 0 bridgehead atoms. The number of nitrogens with one attached hydrogen (secondary N) is 2. The number of carbonyl (C=O) groups is 2. The zero-order valence-corrected chi connectivity index (χ0v) is 25.3. The molecule has 11 heteroatoms. The van der Waals surface area contributed by atoms with Crippen molar-refractivity contribution in [2.24, 2.45) is 0 Å². The summed E-state index contributed by atoms with van der Waals surface area (Å²) in [5.74, 6) is -0.221. The first-order valence-electron chi connectivity index (χ1n) is 14.1. The van der Waals surface area contributed by atoms with Gasteiger partial charge in [-0.1, -0.05) is 29.8 Å². The molecule has 4 heterocycles. The van der Waals surface area contributed by atoms with Crippen molar-refractivity contribution in [3.8, 4) is 11.3 Å². The number of fused-ring (bicyclic) bond motifs is 2. The molecule has 5 aromatic rings. The van der Waals surface area contributed by atoms with E-state index in [4.69, 9.17) is 4.42 Å². The summed E-state index contributed by atoms with van der Waals surface area (Å²) < 4.78 is 33.1. The summed E-state index contributed by atoms with van der Waals surface area (Å²) in [5.41, 5.74) is 5.74. The van der Waals surface area contributed by atoms with Crippen LogP contribution in [0.1, 0.15) is 50.7 Å². The lowest BCUT2D eigenvalue weighted by Crippen LogP contribution is -2.39. The number of pyridine rings is 1. The second kappa shape index (κ2) is 10.9. The van der Waals surface area contributed by atoms with E-state index in [2.05, 4.69) is 15.3 Å². The molecule has 2 N–H and O–H groups in total. The van der Waals surface area contributed by atoms with Crippen LogP contribution in [-0.2, 0) is 10.0 Å². The van der Waals surface area contributed by atoms with Crippen molar-refractivity contribution in [1.29, 1.82) is 0 Å². The minimum Gasteiger partial charge on any atom is -0.455 e. The first-order valence-corrected chi connectivity index (χ1v) is 16.0. The van der Waals surface area contributed by atoms with Crippen molar-refractivity contribution < 1.29 is 22.4 Å². The number of anilines is 1. The number of H-pyrrole nitrogens is 1. The number of aryl methyl sites for hydroxylation is 1. The number of sulfonamides is 1. The van der Waals surface area contributed by atoms with Gasteiger partial charge < -0.3 is 19.6 Å². The fraction of sp³-hybridized carbons (Fsp3) is 0.281. The van der Waals surface area contributed by atoms with Crippen molar-refractivity contribution in [3.63, 3.8) is 0 Å². The van der Waals surface area contributed by atoms with Crippen molar-refractivity contribution in [2.75, 3.05) is 37.7 Å². The van der Waals surface area contributed by atoms with Gasteiger partial charge >= 0.3 is 0 Å². The van der Waals surface area contributed by atoms with Crippen LogP contribution < -0.4 is 9.62 Å². The number of likely N-dealkylation sites (tertiary alicyclic amines) is 1. The van der Waals surface area contributed by atoms with Crippen molar-refractivity contribution in [1.82, 2.24) is 20.2 Å². The van der Waals surface area contributed by atoms with E-state index in [0.29, 0.717) is 52.3 Å². The van der Waals surface area contributed by atoms with Crippen LogP contribution in [0.15, 0.2) is 65.2 Å². The molecule has 43 heavy (non-hydrogen) atoms. The van der Waals surface area contributed by atoms with Gasteiger partial charge in [-0.3, -0.25) is 18.9 Å². The van der Waals surface area contributed by atoms with Gasteiger partial charge in [0.25, 0.3) is 11.8 Å². The zero-order valence-electron chi connectivity index (χ0n) is 24.5. The Balaban J connectivity index is 1.46. The van der Waals surface area contributed by atoms with Gasteiger partial charge in [-0.2, -0.15) is 0 Å². The summed E-state index contributed by atoms with van der Waals surface area (Å²) in [6, 6.07) is 16.7. The molecule has 10 nitrogen and oxygen atoms in total. The fourth-order valence-corrected chi connectivity index (χ4v) is 6.36. The minimum absolute atomic E-state index is 0.141. The smallest absolute Gasteiger partial charge is 0.270 e. The van der Waals surface area contributed by atoms with Crippen LogP contribution in [0.5, 0.6) is 0 Å². The molecular formula is C32H33N5O5S. The Morgan fingerprint density at radius 3 is 2.60 bits per heavy atom. The van der Waals surface area contributed by atoms with E-state index >= 15 is 0 Å². The van der Waals surface area contributed by atoms with E-state index in [1.807, 2.05) is 49.4 Å². The van der Waals surface area contributed by atoms with Gasteiger partial charge in [0.2, 0.25) is 10.0 Å². The summed E-state index contributed by atoms with van der Waals surface area (Å²) in [6.07, 6.45) is 4.31. The van der Waals surface area contributed by atoms with Crippen molar-refractivity contribution >= 4 is 49.5 Å². The van der Waals surface area contributed by atoms with Crippen molar-refractivity contribution in [2.45, 2.75) is 25.7 Å². The van der Waals surface area contributed by atoms with E-state index in [-0.39, 0.29) is 17.7 Å². The third-order valence-corrected chi connectivity index (χ3v) is 9.40. The second-order valence-corrected chi connectivity index (χ2v) is 13.1. The summed E-state index contributed by atoms with van der Waals surface area (Å²) >= 11 is 0. The highest BCUT2D eigenvalue weighted by molar-refractivity contribution is 7.92. The van der Waals surface area contributed by atoms with Gasteiger partial charge in [-0.15, -0.1) is 0 Å². The lowest BCUT2D eigenvalue weighted by molar-refractivity contribution is 0.0702. The average Bonchev–Trinajstić information content (AvgIpc) is 3.61. The first kappa shape index (κ1) is 28.5. The molecule has 1 atom stereocenters. The average molecular weight is 600 g/mol. The highest BCUT2D eigenvalue weighted by Crippen LogP contribution is 2.42. The Labute approximate surface area is 249 Å². The van der Waals surface area contributed by atoms with E-state index < -0.39 is 10.0 Å². The van der Waals surface area contributed by atoms with E-state index in [9.17, 15) is 18.0 Å². The van der Waals surface area contributed by atoms with Crippen LogP contribution >= 0.6 is 0 Å². The number of hydrogen-bond acceptors (Lipinski definition) is 6. The van der Waals surface area contributed by atoms with Crippen LogP contribution in [0.2, 0.25) is 0 Å². The molecule has 2 aromatic carbocycles. The molecule has 1 fully saturated rings. The number of piperidine rings is 1. The van der Waals surface area contributed by atoms with Crippen molar-refractivity contribution in [3.05, 3.63) is 83.2 Å². The topological polar surface area (TPSA) is 129 Å². The van der Waals surface area contributed by atoms with E-state index in [1.165, 1.54) is 11.4 Å². The largest absolute Gasteiger partial charge is 0.455 e. The molecule has 0 saturated carbocycles. The SMILES string of the molecule is CNC(=O)c1c(-c2ccc(C)cc2)oc2cc(N(C)S(C)(=O)=O)c([C@@H]3CCCN(C(=O)c4cc5ncccc5[nH]4)C3)cc12. The van der Waals surface area contributed by atoms with Crippen LogP contribution in [0.3, 0.4) is 0 Å². The van der Waals surface area contributed by atoms with Gasteiger partial charge in [0, 0.05) is 56.3 Å². The number of aromatic nitrogens is 2. The number of amides is 2. The number of furan rings is 1. The highest BCUT2D eigenvalue weighted by Gasteiger charge is 2.32. The summed E-state index contributed by atoms with van der Waals surface area (Å²) in [7, 11) is -0.562. The summed E-state index contributed by atoms with van der Waals surface area (Å²) in [4.78, 5) is 36.1. The first-order chi connectivity index (χ1) is 20.5. The molecule has 1 saturated heterocycles. The van der Waals surface area contributed by atoms with Crippen LogP contribution in [0.4, 0.5) is 5.69 Å². The molecular weight excluding hydrogens is 566 g/mol. The Morgan fingerprint density at radius 1 is 1.14 bits per heavy atom. The Hall–Kier alpha value is -4.64. The zero-order chi connectivity index (χ0) is 30.5. The number of nitrogens with zero attached hydrogens (tertiary/aromatic N) is 3. The number of benzene rings is 2. The van der Waals surface area contributed by atoms with Gasteiger partial charge in [0.05, 0.1) is 28.5 Å². The lowest BCUT2D eigenvalue weighted by atomic mass is 9.88. The standard InChI is InChI=1S/C32H33N5O5S/c1-19-9-11-20(12-10-19)30-29(31(38)33-2)23-15-22(27(17-28(23)42-30)36(3)43(4,40)41)21-7-6-14-37(18-21)32(39)26-16-25-24(35-26)8-5-13-34-25/h5,8-13,15-17,21,35H,6-7,14,18H2,1-4H3,(H,33,38)/t21-/m1/s1. The third-order valence-electron chi connectivity index (χ3n) is 8.21. The molecule has 3 aromatic heterocycles. The Bertz CT molecular complexity index is 1940. The molecule has 222 valence electrons. The van der Waals surface area contributed by atoms with Crippen LogP contribution in [0.25, 0.3) is 33.3 Å². The maximum absolute atomic E-state index is 13.6. The molecule has 0 unspecified atom stereocenters. The highest BCUT2D eigenvalue weighted by atomic mass is 32.2. The predicted molar refractivity (Wildman–Crippen MR) is 167 cm³/mol. The normalized spacial score (nSPS) is 15.6. The van der Waals surface area contributed by atoms with E-state index in [1.54, 1.807) is 30.3 Å². The molecule has 0 spiro atoms. The number of hydrogen-bond donors (Lipinski definition) is 2. The lowest BCUT2D eigenvalue weighted by Gasteiger charge is -2.34. The Morgan fingerprint density at radius 2 is 1.91 bits per heavy atom. The maximum Gasteiger partial charge on any atom is 0.270 e.